The summed E-state index contributed by atoms with van der Waals surface area (Å²) in [6.07, 6.45) is 4.06. The van der Waals surface area contributed by atoms with Crippen LogP contribution in [0.1, 0.15) is 0 Å². The maximum atomic E-state index is 12.0. The largest absolute Gasteiger partial charge is 0.321 e. The number of hydrogen-bond donors (Lipinski definition) is 1. The van der Waals surface area contributed by atoms with Crippen molar-refractivity contribution in [3.63, 3.8) is 0 Å². The highest BCUT2D eigenvalue weighted by atomic mass is 35.5. The van der Waals surface area contributed by atoms with E-state index in [0.717, 1.165) is 42.8 Å². The maximum absolute atomic E-state index is 12.0. The van der Waals surface area contributed by atoms with Crippen molar-refractivity contribution in [2.75, 3.05) is 52.6 Å². The molecule has 3 rings (SSSR count). The highest BCUT2D eigenvalue weighted by molar-refractivity contribution is 8.00. The van der Waals surface area contributed by atoms with Crippen LogP contribution in [0.3, 0.4) is 0 Å². The number of rotatable bonds is 4. The molecule has 0 aliphatic carbocycles. The Labute approximate surface area is 176 Å². The van der Waals surface area contributed by atoms with E-state index in [1.807, 2.05) is 6.08 Å². The van der Waals surface area contributed by atoms with Gasteiger partial charge < -0.3 is 10.2 Å². The number of carbonyl (C=O) groups is 2. The number of nitrogens with zero attached hydrogens (tertiary/aromatic N) is 3. The fourth-order valence-electron chi connectivity index (χ4n) is 3.33. The molecule has 2 saturated heterocycles. The Morgan fingerprint density at radius 1 is 1.38 bits per heavy atom. The number of nitrogens with two attached hydrogens (primary N) is 1. The standard InChI is InChI=1S/C16H24ClN4O2S.2ClH/c1-19-5-8-21(2,9-6-19)7-3-4-11-10-24-16-12(18)15(23)20(16)13(11)14(17)22;;/h3-4,12,16H,5-10,18H2,1-2H3;2*1H/q+1;;/b4-3+;;/t12-,16-;;/m1../s1. The summed E-state index contributed by atoms with van der Waals surface area (Å²) in [7, 11) is 4.40. The summed E-state index contributed by atoms with van der Waals surface area (Å²) in [6, 6.07) is -0.527. The van der Waals surface area contributed by atoms with Gasteiger partial charge in [0.05, 0.1) is 26.7 Å². The molecule has 6 nitrogen and oxygen atoms in total. The number of likely N-dealkylation sites (N-methyl/N-ethyl adjacent to an activating group) is 2. The molecule has 148 valence electrons. The molecule has 0 aromatic carbocycles. The Bertz CT molecular complexity index is 621. The van der Waals surface area contributed by atoms with E-state index in [0.29, 0.717) is 11.4 Å². The summed E-state index contributed by atoms with van der Waals surface area (Å²) in [5.41, 5.74) is 6.92. The van der Waals surface area contributed by atoms with Crippen LogP contribution in [-0.4, -0.2) is 89.4 Å². The third-order valence-electron chi connectivity index (χ3n) is 5.13. The first-order chi connectivity index (χ1) is 11.3. The van der Waals surface area contributed by atoms with Gasteiger partial charge in [0.15, 0.2) is 0 Å². The van der Waals surface area contributed by atoms with Gasteiger partial charge in [0, 0.05) is 18.8 Å². The first-order valence-corrected chi connectivity index (χ1v) is 9.57. The van der Waals surface area contributed by atoms with Gasteiger partial charge in [0.2, 0.25) is 5.91 Å². The van der Waals surface area contributed by atoms with Gasteiger partial charge in [-0.3, -0.25) is 19.4 Å². The molecule has 0 bridgehead atoms. The number of hydrogen-bond acceptors (Lipinski definition) is 5. The lowest BCUT2D eigenvalue weighted by Crippen LogP contribution is -2.68. The van der Waals surface area contributed by atoms with Crippen LogP contribution in [0.4, 0.5) is 0 Å². The average molecular weight is 445 g/mol. The van der Waals surface area contributed by atoms with Crippen molar-refractivity contribution in [2.45, 2.75) is 11.4 Å². The predicted octanol–water partition coefficient (Wildman–Crippen LogP) is 1.04. The zero-order chi connectivity index (χ0) is 17.5. The monoisotopic (exact) mass is 443 g/mol. The smallest absolute Gasteiger partial charge is 0.269 e. The zero-order valence-corrected chi connectivity index (χ0v) is 18.1. The van der Waals surface area contributed by atoms with E-state index in [-0.39, 0.29) is 36.1 Å². The number of allylic oxidation sites excluding steroid dienone is 2. The Balaban J connectivity index is 0.00000169. The first-order valence-electron chi connectivity index (χ1n) is 8.14. The number of β-lactam (4-membered cyclic amide) rings is 1. The number of carbonyl (C=O) groups excluding carboxylic acids is 2. The highest BCUT2D eigenvalue weighted by Gasteiger charge is 2.51. The van der Waals surface area contributed by atoms with Crippen LogP contribution < -0.4 is 5.73 Å². The minimum absolute atomic E-state index is 0. The van der Waals surface area contributed by atoms with Crippen molar-refractivity contribution >= 4 is 59.3 Å². The molecule has 3 aliphatic heterocycles. The van der Waals surface area contributed by atoms with Crippen LogP contribution in [0.15, 0.2) is 23.4 Å². The first kappa shape index (κ1) is 23.8. The van der Waals surface area contributed by atoms with Crippen LogP contribution in [0, 0.1) is 0 Å². The van der Waals surface area contributed by atoms with Crippen LogP contribution in [0.5, 0.6) is 0 Å². The topological polar surface area (TPSA) is 66.6 Å². The number of thioether (sulfide) groups is 1. The van der Waals surface area contributed by atoms with E-state index < -0.39 is 11.3 Å². The number of amides is 1. The molecule has 0 saturated carbocycles. The van der Waals surface area contributed by atoms with E-state index >= 15 is 0 Å². The molecule has 0 aromatic heterocycles. The van der Waals surface area contributed by atoms with Gasteiger partial charge in [-0.2, -0.15) is 0 Å². The van der Waals surface area contributed by atoms with Crippen molar-refractivity contribution in [3.05, 3.63) is 23.4 Å². The maximum Gasteiger partial charge on any atom is 0.269 e. The highest BCUT2D eigenvalue weighted by Crippen LogP contribution is 2.40. The van der Waals surface area contributed by atoms with Gasteiger partial charge in [0.25, 0.3) is 5.24 Å². The molecule has 2 N–H and O–H groups in total. The van der Waals surface area contributed by atoms with E-state index in [1.54, 1.807) is 11.8 Å². The molecule has 10 heteroatoms. The molecule has 1 amide bonds. The summed E-state index contributed by atoms with van der Waals surface area (Å²) < 4.78 is 0.988. The number of piperazine rings is 1. The molecule has 0 unspecified atom stereocenters. The summed E-state index contributed by atoms with van der Waals surface area (Å²) in [5.74, 6) is 0.430. The number of fused-ring (bicyclic) bond motifs is 1. The summed E-state index contributed by atoms with van der Waals surface area (Å²) in [5, 5.41) is -0.741. The molecule has 0 spiro atoms. The van der Waals surface area contributed by atoms with E-state index in [2.05, 4.69) is 25.1 Å². The van der Waals surface area contributed by atoms with Gasteiger partial charge in [-0.05, 0) is 30.3 Å². The molecule has 3 aliphatic rings. The number of quaternary nitrogens is 1. The molecule has 0 radical (unpaired) electrons. The lowest BCUT2D eigenvalue weighted by molar-refractivity contribution is -0.908. The van der Waals surface area contributed by atoms with E-state index in [9.17, 15) is 9.59 Å². The van der Waals surface area contributed by atoms with Crippen LogP contribution in [-0.2, 0) is 9.59 Å². The van der Waals surface area contributed by atoms with Crippen LogP contribution >= 0.6 is 48.2 Å². The van der Waals surface area contributed by atoms with Crippen molar-refractivity contribution in [2.24, 2.45) is 5.73 Å². The number of halogens is 3. The zero-order valence-electron chi connectivity index (χ0n) is 14.9. The Hall–Kier alpha value is -0.280. The third kappa shape index (κ3) is 4.58. The minimum atomic E-state index is -0.583. The lowest BCUT2D eigenvalue weighted by atomic mass is 10.0. The Kier molecular flexibility index (Phi) is 8.48. The second-order valence-corrected chi connectivity index (χ2v) is 8.49. The van der Waals surface area contributed by atoms with E-state index in [4.69, 9.17) is 17.3 Å². The molecule has 26 heavy (non-hydrogen) atoms. The lowest BCUT2D eigenvalue weighted by Gasteiger charge is -2.48. The molecule has 0 aromatic rings. The summed E-state index contributed by atoms with van der Waals surface area (Å²) in [6.45, 7) is 5.31. The van der Waals surface area contributed by atoms with Gasteiger partial charge in [0.1, 0.15) is 17.1 Å². The molecular formula is C16H26Cl3N4O2S+. The molecule has 3 heterocycles. The molecular weight excluding hydrogens is 419 g/mol. The van der Waals surface area contributed by atoms with Crippen molar-refractivity contribution in [3.8, 4) is 0 Å². The van der Waals surface area contributed by atoms with Crippen molar-refractivity contribution < 1.29 is 14.1 Å². The fourth-order valence-corrected chi connectivity index (χ4v) is 4.81. The quantitative estimate of drug-likeness (QED) is 0.399. The summed E-state index contributed by atoms with van der Waals surface area (Å²) >= 11 is 7.33. The fraction of sp³-hybridized carbons (Fsp3) is 0.625. The Morgan fingerprint density at radius 2 is 2.00 bits per heavy atom. The Morgan fingerprint density at radius 3 is 2.58 bits per heavy atom. The minimum Gasteiger partial charge on any atom is -0.321 e. The van der Waals surface area contributed by atoms with Crippen molar-refractivity contribution in [1.82, 2.24) is 9.80 Å². The van der Waals surface area contributed by atoms with Crippen LogP contribution in [0.2, 0.25) is 0 Å². The predicted molar refractivity (Wildman–Crippen MR) is 111 cm³/mol. The van der Waals surface area contributed by atoms with Gasteiger partial charge in [-0.15, -0.1) is 36.6 Å². The van der Waals surface area contributed by atoms with Gasteiger partial charge >= 0.3 is 0 Å². The normalized spacial score (nSPS) is 28.2. The van der Waals surface area contributed by atoms with Crippen LogP contribution in [0.25, 0.3) is 0 Å². The SMILES string of the molecule is CN1CC[N+](C)(C/C=C/C2=C(C(=O)Cl)N3C(=O)[C@@H](N)[C@H]3SC2)CC1.Cl.Cl. The summed E-state index contributed by atoms with van der Waals surface area (Å²) in [4.78, 5) is 27.6. The third-order valence-corrected chi connectivity index (χ3v) is 6.64. The average Bonchev–Trinajstić information content (AvgIpc) is 2.56. The van der Waals surface area contributed by atoms with Crippen molar-refractivity contribution in [1.29, 1.82) is 0 Å². The van der Waals surface area contributed by atoms with Gasteiger partial charge in [-0.1, -0.05) is 6.08 Å². The van der Waals surface area contributed by atoms with Gasteiger partial charge in [-0.25, -0.2) is 0 Å². The molecule has 2 atom stereocenters. The second-order valence-electron chi connectivity index (χ2n) is 7.04. The second kappa shape index (κ2) is 9.28. The van der Waals surface area contributed by atoms with E-state index in [1.165, 1.54) is 4.90 Å². The molecule has 2 fully saturated rings.